The lowest BCUT2D eigenvalue weighted by molar-refractivity contribution is -0.163. The molecule has 2 atom stereocenters. The summed E-state index contributed by atoms with van der Waals surface area (Å²) in [5, 5.41) is 0. The van der Waals surface area contributed by atoms with Crippen LogP contribution in [0.2, 0.25) is 0 Å². The number of hydrogen-bond acceptors (Lipinski definition) is 4. The number of aromatic nitrogens is 1. The number of pyridine rings is 1. The lowest BCUT2D eigenvalue weighted by Gasteiger charge is -2.39. The molecule has 6 nitrogen and oxygen atoms in total. The maximum atomic E-state index is 14.1. The van der Waals surface area contributed by atoms with Crippen LogP contribution in [0.15, 0.2) is 53.8 Å². The maximum Gasteiger partial charge on any atom is 0.416 e. The van der Waals surface area contributed by atoms with Crippen LogP contribution in [0.1, 0.15) is 38.7 Å². The molecule has 1 unspecified atom stereocenters. The van der Waals surface area contributed by atoms with E-state index in [1.165, 1.54) is 44.1 Å². The number of nitrogens with zero attached hydrogens (tertiary/aromatic N) is 4. The molecule has 1 aliphatic carbocycles. The Morgan fingerprint density at radius 2 is 1.76 bits per heavy atom. The SMILES string of the molecule is Cc1cc(F)ccc1-c1cc(N2CCN3C(=O)CC[C@H]3C2)ncc1N(C)C(=O)C(C)(C)C1=CC(C(F)(F)F)=CC(C(F)(F)F)C1. The van der Waals surface area contributed by atoms with Crippen LogP contribution in [-0.2, 0) is 9.59 Å². The highest BCUT2D eigenvalue weighted by Crippen LogP contribution is 2.46. The van der Waals surface area contributed by atoms with Gasteiger partial charge in [-0.2, -0.15) is 26.3 Å². The number of halogens is 7. The van der Waals surface area contributed by atoms with Crippen LogP contribution in [0, 0.1) is 24.1 Å². The second-order valence-electron chi connectivity index (χ2n) is 12.4. The molecular formula is C32H33F7N4O2. The molecular weight excluding hydrogens is 605 g/mol. The van der Waals surface area contributed by atoms with Gasteiger partial charge in [0.15, 0.2) is 0 Å². The van der Waals surface area contributed by atoms with Crippen LogP contribution in [0.5, 0.6) is 0 Å². The van der Waals surface area contributed by atoms with Gasteiger partial charge in [0.1, 0.15) is 11.6 Å². The smallest absolute Gasteiger partial charge is 0.353 e. The number of aryl methyl sites for hydroxylation is 1. The van der Waals surface area contributed by atoms with Gasteiger partial charge in [0.2, 0.25) is 11.8 Å². The highest BCUT2D eigenvalue weighted by molar-refractivity contribution is 6.02. The summed E-state index contributed by atoms with van der Waals surface area (Å²) < 4.78 is 96.1. The van der Waals surface area contributed by atoms with Crippen LogP contribution in [0.3, 0.4) is 0 Å². The number of piperazine rings is 1. The molecule has 0 spiro atoms. The highest BCUT2D eigenvalue weighted by Gasteiger charge is 2.48. The van der Waals surface area contributed by atoms with Crippen molar-refractivity contribution in [3.8, 4) is 11.1 Å². The number of alkyl halides is 6. The van der Waals surface area contributed by atoms with Crippen LogP contribution in [0.4, 0.5) is 42.2 Å². The van der Waals surface area contributed by atoms with Crippen molar-refractivity contribution in [2.24, 2.45) is 11.3 Å². The third kappa shape index (κ3) is 6.30. The first-order chi connectivity index (χ1) is 20.9. The summed E-state index contributed by atoms with van der Waals surface area (Å²) in [6.07, 6.45) is -7.35. The molecule has 3 heterocycles. The van der Waals surface area contributed by atoms with Gasteiger partial charge in [-0.1, -0.05) is 23.8 Å². The number of carbonyl (C=O) groups excluding carboxylic acids is 2. The summed E-state index contributed by atoms with van der Waals surface area (Å²) in [6.45, 7) is 5.88. The molecule has 1 aromatic heterocycles. The quantitative estimate of drug-likeness (QED) is 0.332. The molecule has 2 fully saturated rings. The van der Waals surface area contributed by atoms with E-state index in [2.05, 4.69) is 4.98 Å². The molecule has 13 heteroatoms. The van der Waals surface area contributed by atoms with E-state index in [0.29, 0.717) is 54.6 Å². The average molecular weight is 639 g/mol. The van der Waals surface area contributed by atoms with E-state index in [9.17, 15) is 40.3 Å². The van der Waals surface area contributed by atoms with Crippen molar-refractivity contribution in [2.75, 3.05) is 36.5 Å². The Bertz CT molecular complexity index is 1580. The van der Waals surface area contributed by atoms with Crippen molar-refractivity contribution in [1.29, 1.82) is 0 Å². The van der Waals surface area contributed by atoms with E-state index in [1.54, 1.807) is 19.1 Å². The van der Waals surface area contributed by atoms with Crippen molar-refractivity contribution in [1.82, 2.24) is 9.88 Å². The van der Waals surface area contributed by atoms with Crippen LogP contribution >= 0.6 is 0 Å². The van der Waals surface area contributed by atoms with Gasteiger partial charge >= 0.3 is 12.4 Å². The number of allylic oxidation sites excluding steroid dienone is 3. The van der Waals surface area contributed by atoms with Crippen LogP contribution in [0.25, 0.3) is 11.1 Å². The van der Waals surface area contributed by atoms with Gasteiger partial charge in [0.25, 0.3) is 0 Å². The highest BCUT2D eigenvalue weighted by atomic mass is 19.4. The fourth-order valence-corrected chi connectivity index (χ4v) is 6.39. The van der Waals surface area contributed by atoms with Crippen molar-refractivity contribution in [3.05, 3.63) is 65.1 Å². The minimum Gasteiger partial charge on any atom is -0.353 e. The van der Waals surface area contributed by atoms with Crippen molar-refractivity contribution in [2.45, 2.75) is 58.4 Å². The minimum absolute atomic E-state index is 0.0358. The maximum absolute atomic E-state index is 14.1. The topological polar surface area (TPSA) is 56.8 Å². The number of hydrogen-bond donors (Lipinski definition) is 0. The van der Waals surface area contributed by atoms with Gasteiger partial charge < -0.3 is 14.7 Å². The van der Waals surface area contributed by atoms with Gasteiger partial charge in [-0.05, 0) is 62.9 Å². The fourth-order valence-electron chi connectivity index (χ4n) is 6.39. The Morgan fingerprint density at radius 1 is 1.04 bits per heavy atom. The van der Waals surface area contributed by atoms with E-state index in [-0.39, 0.29) is 29.3 Å². The van der Waals surface area contributed by atoms with Crippen molar-refractivity contribution >= 4 is 23.3 Å². The molecule has 0 radical (unpaired) electrons. The first-order valence-electron chi connectivity index (χ1n) is 14.5. The summed E-state index contributed by atoms with van der Waals surface area (Å²) in [6, 6.07) is 5.90. The van der Waals surface area contributed by atoms with E-state index in [0.717, 1.165) is 6.42 Å². The molecule has 2 aliphatic heterocycles. The lowest BCUT2D eigenvalue weighted by Crippen LogP contribution is -2.51. The molecule has 1 aromatic carbocycles. The first-order valence-corrected chi connectivity index (χ1v) is 14.5. The predicted molar refractivity (Wildman–Crippen MR) is 155 cm³/mol. The predicted octanol–water partition coefficient (Wildman–Crippen LogP) is 6.99. The summed E-state index contributed by atoms with van der Waals surface area (Å²) in [5.74, 6) is -2.95. The zero-order valence-corrected chi connectivity index (χ0v) is 25.2. The molecule has 2 saturated heterocycles. The summed E-state index contributed by atoms with van der Waals surface area (Å²) in [4.78, 5) is 35.8. The van der Waals surface area contributed by atoms with Crippen LogP contribution in [-0.4, -0.2) is 66.8 Å². The normalized spacial score (nSPS) is 21.0. The number of fused-ring (bicyclic) bond motifs is 1. The van der Waals surface area contributed by atoms with Crippen molar-refractivity contribution < 1.29 is 40.3 Å². The van der Waals surface area contributed by atoms with Gasteiger partial charge in [0, 0.05) is 44.7 Å². The molecule has 5 rings (SSSR count). The number of benzene rings is 1. The van der Waals surface area contributed by atoms with Gasteiger partial charge in [-0.25, -0.2) is 9.37 Å². The average Bonchev–Trinajstić information content (AvgIpc) is 3.34. The molecule has 2 aromatic rings. The fraction of sp³-hybridized carbons (Fsp3) is 0.469. The standard InChI is InChI=1S/C32H33F7N4O2/c1-18-11-22(33)5-7-24(18)25-15-27(42-9-10-43-23(17-42)6-8-28(43)44)40-16-26(25)41(4)29(45)30(2,3)19-12-20(31(34,35)36)14-21(13-19)32(37,38)39/h5,7,11-12,14-16,21,23H,6,8-10,13,17H2,1-4H3/t21?,23-/m0/s1. The summed E-state index contributed by atoms with van der Waals surface area (Å²) in [7, 11) is 1.39. The second-order valence-corrected chi connectivity index (χ2v) is 12.4. The largest absolute Gasteiger partial charge is 0.416 e. The van der Waals surface area contributed by atoms with Gasteiger partial charge in [-0.15, -0.1) is 0 Å². The Balaban J connectivity index is 1.53. The Hall–Kier alpha value is -3.90. The zero-order valence-electron chi connectivity index (χ0n) is 25.2. The second kappa shape index (κ2) is 11.5. The number of rotatable bonds is 5. The summed E-state index contributed by atoms with van der Waals surface area (Å²) in [5.41, 5.74) is -1.67. The van der Waals surface area contributed by atoms with Crippen molar-refractivity contribution in [3.63, 3.8) is 0 Å². The monoisotopic (exact) mass is 638 g/mol. The summed E-state index contributed by atoms with van der Waals surface area (Å²) >= 11 is 0. The number of anilines is 2. The molecule has 242 valence electrons. The minimum atomic E-state index is -5.04. The zero-order chi connectivity index (χ0) is 33.1. The molecule has 45 heavy (non-hydrogen) atoms. The Labute approximate surface area is 256 Å². The molecule has 2 amide bonds. The van der Waals surface area contributed by atoms with Gasteiger partial charge in [0.05, 0.1) is 28.8 Å². The molecule has 0 bridgehead atoms. The van der Waals surface area contributed by atoms with E-state index >= 15 is 0 Å². The van der Waals surface area contributed by atoms with E-state index in [1.807, 2.05) is 9.80 Å². The van der Waals surface area contributed by atoms with Gasteiger partial charge in [-0.3, -0.25) is 9.59 Å². The Kier molecular flexibility index (Phi) is 8.28. The molecule has 0 N–H and O–H groups in total. The Morgan fingerprint density at radius 3 is 2.40 bits per heavy atom. The third-order valence-electron chi connectivity index (χ3n) is 9.07. The van der Waals surface area contributed by atoms with Crippen LogP contribution < -0.4 is 9.80 Å². The van der Waals surface area contributed by atoms with E-state index < -0.39 is 47.4 Å². The molecule has 3 aliphatic rings. The first kappa shape index (κ1) is 32.5. The molecule has 0 saturated carbocycles. The third-order valence-corrected chi connectivity index (χ3v) is 9.07. The van der Waals surface area contributed by atoms with E-state index in [4.69, 9.17) is 0 Å². The number of carbonyl (C=O) groups is 2. The number of amides is 2. The lowest BCUT2D eigenvalue weighted by atomic mass is 9.74.